The van der Waals surface area contributed by atoms with E-state index in [2.05, 4.69) is 22.1 Å². The van der Waals surface area contributed by atoms with Gasteiger partial charge in [0.1, 0.15) is 11.6 Å². The van der Waals surface area contributed by atoms with E-state index in [0.717, 1.165) is 37.3 Å². The fraction of sp³-hybridized carbons (Fsp3) is 0.174. The van der Waals surface area contributed by atoms with Crippen LogP contribution in [0.5, 0.6) is 0 Å². The third-order valence-electron chi connectivity index (χ3n) is 4.80. The van der Waals surface area contributed by atoms with Crippen molar-refractivity contribution in [3.8, 4) is 11.8 Å². The Balaban J connectivity index is 1.40. The molecule has 1 aliphatic heterocycles. The van der Waals surface area contributed by atoms with Crippen LogP contribution in [0.15, 0.2) is 59.0 Å². The van der Waals surface area contributed by atoms with Gasteiger partial charge >= 0.3 is 0 Å². The van der Waals surface area contributed by atoms with Crippen molar-refractivity contribution in [2.75, 3.05) is 23.3 Å². The highest BCUT2D eigenvalue weighted by atomic mass is 19.1. The third-order valence-corrected chi connectivity index (χ3v) is 4.80. The number of halogens is 2. The van der Waals surface area contributed by atoms with Crippen molar-refractivity contribution in [2.24, 2.45) is 5.73 Å². The Bertz CT molecular complexity index is 1130. The van der Waals surface area contributed by atoms with Crippen LogP contribution in [0.25, 0.3) is 0 Å². The summed E-state index contributed by atoms with van der Waals surface area (Å²) in [5, 5.41) is 2.76. The van der Waals surface area contributed by atoms with E-state index in [9.17, 15) is 13.6 Å². The largest absolute Gasteiger partial charge is 0.443 e. The van der Waals surface area contributed by atoms with Crippen LogP contribution in [-0.4, -0.2) is 25.0 Å². The van der Waals surface area contributed by atoms with Crippen LogP contribution in [0.2, 0.25) is 0 Å². The molecule has 1 atom stereocenters. The fourth-order valence-corrected chi connectivity index (χ4v) is 3.22. The summed E-state index contributed by atoms with van der Waals surface area (Å²) in [7, 11) is 0. The standard InChI is InChI=1S/C23H19F2N3O2/c24-16-3-1-15(21(25)13-16)2-8-20-9-10-22(30-20)23(29)27-18-4-6-19(7-5-18)28-12-11-17(26)14-28/h1,3-7,9-10,13,17H,11-12,14,26H2,(H,27,29). The van der Waals surface area contributed by atoms with Crippen LogP contribution >= 0.6 is 0 Å². The molecule has 0 spiro atoms. The van der Waals surface area contributed by atoms with Gasteiger partial charge in [-0.3, -0.25) is 4.79 Å². The van der Waals surface area contributed by atoms with Gasteiger partial charge in [0, 0.05) is 36.6 Å². The average Bonchev–Trinajstić information content (AvgIpc) is 3.37. The predicted octanol–water partition coefficient (Wildman–Crippen LogP) is 3.75. The summed E-state index contributed by atoms with van der Waals surface area (Å²) in [5.41, 5.74) is 7.67. The minimum Gasteiger partial charge on any atom is -0.443 e. The van der Waals surface area contributed by atoms with E-state index in [1.807, 2.05) is 24.3 Å². The molecule has 2 aromatic carbocycles. The topological polar surface area (TPSA) is 71.5 Å². The maximum atomic E-state index is 13.6. The molecule has 152 valence electrons. The van der Waals surface area contributed by atoms with E-state index in [1.165, 1.54) is 18.2 Å². The lowest BCUT2D eigenvalue weighted by molar-refractivity contribution is 0.0996. The average molecular weight is 407 g/mol. The highest BCUT2D eigenvalue weighted by Crippen LogP contribution is 2.22. The van der Waals surface area contributed by atoms with Gasteiger partial charge < -0.3 is 20.4 Å². The van der Waals surface area contributed by atoms with Crippen molar-refractivity contribution in [1.29, 1.82) is 0 Å². The number of amides is 1. The molecule has 0 radical (unpaired) electrons. The molecule has 0 saturated carbocycles. The summed E-state index contributed by atoms with van der Waals surface area (Å²) in [4.78, 5) is 14.6. The summed E-state index contributed by atoms with van der Waals surface area (Å²) < 4.78 is 32.0. The fourth-order valence-electron chi connectivity index (χ4n) is 3.22. The van der Waals surface area contributed by atoms with Gasteiger partial charge in [-0.05, 0) is 60.9 Å². The Morgan fingerprint density at radius 2 is 1.90 bits per heavy atom. The van der Waals surface area contributed by atoms with E-state index in [4.69, 9.17) is 10.2 Å². The Kier molecular flexibility index (Phi) is 5.50. The van der Waals surface area contributed by atoms with Crippen LogP contribution in [0, 0.1) is 23.5 Å². The molecule has 1 unspecified atom stereocenters. The van der Waals surface area contributed by atoms with Gasteiger partial charge in [0.25, 0.3) is 5.91 Å². The second-order valence-electron chi connectivity index (χ2n) is 7.03. The number of nitrogens with zero attached hydrogens (tertiary/aromatic N) is 1. The Hall–Kier alpha value is -3.63. The van der Waals surface area contributed by atoms with Gasteiger partial charge in [-0.2, -0.15) is 0 Å². The summed E-state index contributed by atoms with van der Waals surface area (Å²) in [6.07, 6.45) is 0.968. The first-order valence-corrected chi connectivity index (χ1v) is 9.47. The zero-order valence-electron chi connectivity index (χ0n) is 16.0. The van der Waals surface area contributed by atoms with Gasteiger partial charge in [-0.25, -0.2) is 8.78 Å². The predicted molar refractivity (Wildman–Crippen MR) is 110 cm³/mol. The third kappa shape index (κ3) is 4.50. The summed E-state index contributed by atoms with van der Waals surface area (Å²) >= 11 is 0. The van der Waals surface area contributed by atoms with E-state index < -0.39 is 17.5 Å². The molecule has 1 aliphatic rings. The summed E-state index contributed by atoms with van der Waals surface area (Å²) in [6, 6.07) is 13.8. The zero-order chi connectivity index (χ0) is 21.1. The summed E-state index contributed by atoms with van der Waals surface area (Å²) in [6.45, 7) is 1.74. The van der Waals surface area contributed by atoms with E-state index in [0.29, 0.717) is 5.69 Å². The molecule has 5 nitrogen and oxygen atoms in total. The van der Waals surface area contributed by atoms with Crippen LogP contribution in [0.1, 0.15) is 28.3 Å². The number of carbonyl (C=O) groups is 1. The van der Waals surface area contributed by atoms with E-state index in [1.54, 1.807) is 0 Å². The summed E-state index contributed by atoms with van der Waals surface area (Å²) in [5.74, 6) is 3.61. The maximum Gasteiger partial charge on any atom is 0.291 e. The number of benzene rings is 2. The lowest BCUT2D eigenvalue weighted by Crippen LogP contribution is -2.26. The number of nitrogens with two attached hydrogens (primary N) is 1. The first kappa shape index (κ1) is 19.7. The van der Waals surface area contributed by atoms with E-state index in [-0.39, 0.29) is 23.1 Å². The lowest BCUT2D eigenvalue weighted by atomic mass is 10.2. The molecule has 3 aromatic rings. The van der Waals surface area contributed by atoms with Gasteiger partial charge in [0.05, 0.1) is 5.56 Å². The van der Waals surface area contributed by atoms with Gasteiger partial charge in [-0.1, -0.05) is 5.92 Å². The molecule has 30 heavy (non-hydrogen) atoms. The number of nitrogens with one attached hydrogen (secondary N) is 1. The van der Waals surface area contributed by atoms with Crippen LogP contribution in [0.4, 0.5) is 20.2 Å². The molecular formula is C23H19F2N3O2. The maximum absolute atomic E-state index is 13.6. The second kappa shape index (κ2) is 8.39. The normalized spacial score (nSPS) is 15.6. The molecule has 4 rings (SSSR count). The Morgan fingerprint density at radius 3 is 2.60 bits per heavy atom. The first-order chi connectivity index (χ1) is 14.5. The lowest BCUT2D eigenvalue weighted by Gasteiger charge is -2.18. The first-order valence-electron chi connectivity index (χ1n) is 9.47. The van der Waals surface area contributed by atoms with Gasteiger partial charge in [0.15, 0.2) is 11.5 Å². The molecular weight excluding hydrogens is 388 g/mol. The van der Waals surface area contributed by atoms with Gasteiger partial charge in [-0.15, -0.1) is 0 Å². The van der Waals surface area contributed by atoms with Gasteiger partial charge in [0.2, 0.25) is 0 Å². The minimum atomic E-state index is -0.758. The molecule has 1 amide bonds. The highest BCUT2D eigenvalue weighted by molar-refractivity contribution is 6.02. The number of carbonyl (C=O) groups excluding carboxylic acids is 1. The molecule has 1 fully saturated rings. The number of hydrogen-bond donors (Lipinski definition) is 2. The molecule has 1 aromatic heterocycles. The molecule has 0 aliphatic carbocycles. The SMILES string of the molecule is NC1CCN(c2ccc(NC(=O)c3ccc(C#Cc4ccc(F)cc4F)o3)cc2)C1. The number of rotatable bonds is 3. The number of anilines is 2. The van der Waals surface area contributed by atoms with Crippen molar-refractivity contribution in [1.82, 2.24) is 0 Å². The zero-order valence-corrected chi connectivity index (χ0v) is 16.0. The molecule has 2 heterocycles. The van der Waals surface area contributed by atoms with Crippen molar-refractivity contribution in [2.45, 2.75) is 12.5 Å². The quantitative estimate of drug-likeness (QED) is 0.649. The molecule has 0 bridgehead atoms. The molecule has 1 saturated heterocycles. The van der Waals surface area contributed by atoms with Crippen LogP contribution in [-0.2, 0) is 0 Å². The van der Waals surface area contributed by atoms with Crippen molar-refractivity contribution < 1.29 is 18.0 Å². The monoisotopic (exact) mass is 407 g/mol. The Morgan fingerprint density at radius 1 is 1.10 bits per heavy atom. The van der Waals surface area contributed by atoms with Crippen LogP contribution in [0.3, 0.4) is 0 Å². The van der Waals surface area contributed by atoms with Crippen molar-refractivity contribution in [3.05, 3.63) is 83.3 Å². The second-order valence-corrected chi connectivity index (χ2v) is 7.03. The van der Waals surface area contributed by atoms with Crippen molar-refractivity contribution in [3.63, 3.8) is 0 Å². The van der Waals surface area contributed by atoms with Crippen molar-refractivity contribution >= 4 is 17.3 Å². The molecule has 7 heteroatoms. The minimum absolute atomic E-state index is 0.0397. The number of furan rings is 1. The smallest absolute Gasteiger partial charge is 0.291 e. The molecule has 3 N–H and O–H groups in total. The number of hydrogen-bond acceptors (Lipinski definition) is 4. The van der Waals surface area contributed by atoms with Crippen LogP contribution < -0.4 is 16.0 Å². The Labute approximate surface area is 172 Å². The van der Waals surface area contributed by atoms with E-state index >= 15 is 0 Å². The highest BCUT2D eigenvalue weighted by Gasteiger charge is 2.19.